The van der Waals surface area contributed by atoms with Gasteiger partial charge in [-0.05, 0) is 39.7 Å². The van der Waals surface area contributed by atoms with E-state index in [4.69, 9.17) is 16.3 Å². The molecule has 1 aliphatic heterocycles. The van der Waals surface area contributed by atoms with E-state index in [0.717, 1.165) is 12.8 Å². The molecule has 1 aliphatic rings. The molecule has 2 N–H and O–H groups in total. The maximum atomic E-state index is 12.3. The van der Waals surface area contributed by atoms with Crippen LogP contribution in [0.3, 0.4) is 0 Å². The predicted molar refractivity (Wildman–Crippen MR) is 97.1 cm³/mol. The number of hydrogen-bond donors (Lipinski definition) is 2. The standard InChI is InChI=1S/C17H25ClN4O3/c1-17(2,3)25-16(24)22-7-5-6-11(10-22)21-13-8-14(18)20-9-12(13)15(23)19-4/h8-9,11H,5-7,10H2,1-4H3,(H,19,23)(H,20,21)/t11-/m1/s1. The Kier molecular flexibility index (Phi) is 6.11. The van der Waals surface area contributed by atoms with Crippen LogP contribution in [0.15, 0.2) is 12.3 Å². The van der Waals surface area contributed by atoms with Crippen molar-refractivity contribution in [1.82, 2.24) is 15.2 Å². The van der Waals surface area contributed by atoms with Crippen LogP contribution in [-0.4, -0.2) is 53.7 Å². The van der Waals surface area contributed by atoms with Gasteiger partial charge in [-0.25, -0.2) is 9.78 Å². The number of likely N-dealkylation sites (tertiary alicyclic amines) is 1. The number of halogens is 1. The average Bonchev–Trinajstić information content (AvgIpc) is 2.53. The highest BCUT2D eigenvalue weighted by atomic mass is 35.5. The number of pyridine rings is 1. The average molecular weight is 369 g/mol. The molecular formula is C17H25ClN4O3. The molecule has 2 rings (SSSR count). The Bertz CT molecular complexity index is 645. The van der Waals surface area contributed by atoms with Crippen molar-refractivity contribution >= 4 is 29.3 Å². The number of piperidine rings is 1. The molecule has 138 valence electrons. The number of ether oxygens (including phenoxy) is 1. The zero-order valence-corrected chi connectivity index (χ0v) is 15.8. The summed E-state index contributed by atoms with van der Waals surface area (Å²) >= 11 is 5.97. The number of rotatable bonds is 3. The van der Waals surface area contributed by atoms with E-state index in [2.05, 4.69) is 15.6 Å². The highest BCUT2D eigenvalue weighted by molar-refractivity contribution is 6.29. The first-order valence-electron chi connectivity index (χ1n) is 8.31. The Hall–Kier alpha value is -2.02. The smallest absolute Gasteiger partial charge is 0.410 e. The Morgan fingerprint density at radius 3 is 2.76 bits per heavy atom. The quantitative estimate of drug-likeness (QED) is 0.801. The minimum atomic E-state index is -0.525. The second-order valence-electron chi connectivity index (χ2n) is 7.04. The first-order chi connectivity index (χ1) is 11.7. The van der Waals surface area contributed by atoms with Gasteiger partial charge in [0.15, 0.2) is 0 Å². The fraction of sp³-hybridized carbons (Fsp3) is 0.588. The van der Waals surface area contributed by atoms with Crippen LogP contribution < -0.4 is 10.6 Å². The van der Waals surface area contributed by atoms with Crippen LogP contribution in [0.25, 0.3) is 0 Å². The third-order valence-electron chi connectivity index (χ3n) is 3.77. The number of amides is 2. The van der Waals surface area contributed by atoms with Crippen LogP contribution in [0.2, 0.25) is 5.15 Å². The molecule has 2 heterocycles. The van der Waals surface area contributed by atoms with E-state index < -0.39 is 5.60 Å². The van der Waals surface area contributed by atoms with E-state index in [-0.39, 0.29) is 18.0 Å². The summed E-state index contributed by atoms with van der Waals surface area (Å²) in [7, 11) is 1.56. The summed E-state index contributed by atoms with van der Waals surface area (Å²) < 4.78 is 5.44. The van der Waals surface area contributed by atoms with E-state index in [9.17, 15) is 9.59 Å². The molecule has 0 aliphatic carbocycles. The Morgan fingerprint density at radius 2 is 2.12 bits per heavy atom. The minimum absolute atomic E-state index is 0.00291. The van der Waals surface area contributed by atoms with Gasteiger partial charge in [0.2, 0.25) is 0 Å². The van der Waals surface area contributed by atoms with Gasteiger partial charge in [-0.2, -0.15) is 0 Å². The molecule has 1 aromatic rings. The zero-order chi connectivity index (χ0) is 18.6. The monoisotopic (exact) mass is 368 g/mol. The number of carbonyl (C=O) groups excluding carboxylic acids is 2. The first kappa shape index (κ1) is 19.3. The molecule has 7 nitrogen and oxygen atoms in total. The fourth-order valence-electron chi connectivity index (χ4n) is 2.67. The molecule has 0 spiro atoms. The van der Waals surface area contributed by atoms with Gasteiger partial charge in [0.1, 0.15) is 10.8 Å². The summed E-state index contributed by atoms with van der Waals surface area (Å²) in [6.45, 7) is 6.70. The number of hydrogen-bond acceptors (Lipinski definition) is 5. The van der Waals surface area contributed by atoms with Gasteiger partial charge in [-0.15, -0.1) is 0 Å². The summed E-state index contributed by atoms with van der Waals surface area (Å²) in [6, 6.07) is 1.63. The Balaban J connectivity index is 2.09. The number of nitrogens with one attached hydrogen (secondary N) is 2. The molecule has 2 amide bonds. The van der Waals surface area contributed by atoms with Crippen LogP contribution >= 0.6 is 11.6 Å². The molecule has 8 heteroatoms. The van der Waals surface area contributed by atoms with Gasteiger partial charge >= 0.3 is 6.09 Å². The number of anilines is 1. The topological polar surface area (TPSA) is 83.6 Å². The van der Waals surface area contributed by atoms with Crippen molar-refractivity contribution in [2.45, 2.75) is 45.3 Å². The Labute approximate surface area is 153 Å². The first-order valence-corrected chi connectivity index (χ1v) is 8.69. The fourth-order valence-corrected chi connectivity index (χ4v) is 2.83. The van der Waals surface area contributed by atoms with Crippen molar-refractivity contribution in [1.29, 1.82) is 0 Å². The molecule has 1 fully saturated rings. The van der Waals surface area contributed by atoms with Crippen LogP contribution in [0, 0.1) is 0 Å². The van der Waals surface area contributed by atoms with Crippen LogP contribution in [-0.2, 0) is 4.74 Å². The van der Waals surface area contributed by atoms with Crippen molar-refractivity contribution in [3.05, 3.63) is 23.0 Å². The second-order valence-corrected chi connectivity index (χ2v) is 7.43. The minimum Gasteiger partial charge on any atom is -0.444 e. The van der Waals surface area contributed by atoms with Crippen molar-refractivity contribution < 1.29 is 14.3 Å². The number of nitrogens with zero attached hydrogens (tertiary/aromatic N) is 2. The van der Waals surface area contributed by atoms with Crippen LogP contribution in [0.1, 0.15) is 44.0 Å². The Morgan fingerprint density at radius 1 is 1.40 bits per heavy atom. The summed E-state index contributed by atoms with van der Waals surface area (Å²) in [6.07, 6.45) is 2.85. The molecule has 25 heavy (non-hydrogen) atoms. The zero-order valence-electron chi connectivity index (χ0n) is 15.1. The third kappa shape index (κ3) is 5.49. The van der Waals surface area contributed by atoms with Gasteiger partial charge in [0, 0.05) is 32.4 Å². The number of aromatic nitrogens is 1. The maximum absolute atomic E-state index is 12.3. The van der Waals surface area contributed by atoms with Gasteiger partial charge in [-0.1, -0.05) is 11.6 Å². The SMILES string of the molecule is CNC(=O)c1cnc(Cl)cc1N[C@@H]1CCCN(C(=O)OC(C)(C)C)C1. The van der Waals surface area contributed by atoms with E-state index in [1.165, 1.54) is 6.20 Å². The van der Waals surface area contributed by atoms with E-state index in [0.29, 0.717) is 29.5 Å². The summed E-state index contributed by atoms with van der Waals surface area (Å²) in [5.74, 6) is -0.244. The van der Waals surface area contributed by atoms with E-state index in [1.54, 1.807) is 18.0 Å². The van der Waals surface area contributed by atoms with Gasteiger partial charge in [-0.3, -0.25) is 4.79 Å². The lowest BCUT2D eigenvalue weighted by Crippen LogP contribution is -2.47. The van der Waals surface area contributed by atoms with Crippen LogP contribution in [0.4, 0.5) is 10.5 Å². The highest BCUT2D eigenvalue weighted by Crippen LogP contribution is 2.23. The van der Waals surface area contributed by atoms with E-state index >= 15 is 0 Å². The maximum Gasteiger partial charge on any atom is 0.410 e. The molecule has 0 aromatic carbocycles. The molecular weight excluding hydrogens is 344 g/mol. The summed E-state index contributed by atoms with van der Waals surface area (Å²) in [5.41, 5.74) is 0.499. The van der Waals surface area contributed by atoms with Crippen molar-refractivity contribution in [3.63, 3.8) is 0 Å². The lowest BCUT2D eigenvalue weighted by molar-refractivity contribution is 0.0206. The predicted octanol–water partition coefficient (Wildman–Crippen LogP) is 2.91. The molecule has 0 unspecified atom stereocenters. The molecule has 1 aromatic heterocycles. The van der Waals surface area contributed by atoms with Gasteiger partial charge in [0.05, 0.1) is 11.3 Å². The molecule has 0 bridgehead atoms. The second kappa shape index (κ2) is 7.91. The summed E-state index contributed by atoms with van der Waals surface area (Å²) in [4.78, 5) is 29.9. The van der Waals surface area contributed by atoms with Crippen molar-refractivity contribution in [2.75, 3.05) is 25.5 Å². The molecule has 0 radical (unpaired) electrons. The largest absolute Gasteiger partial charge is 0.444 e. The van der Waals surface area contributed by atoms with E-state index in [1.807, 2.05) is 20.8 Å². The summed E-state index contributed by atoms with van der Waals surface area (Å²) in [5, 5.41) is 6.20. The number of carbonyl (C=O) groups is 2. The molecule has 1 saturated heterocycles. The van der Waals surface area contributed by atoms with Crippen LogP contribution in [0.5, 0.6) is 0 Å². The highest BCUT2D eigenvalue weighted by Gasteiger charge is 2.28. The van der Waals surface area contributed by atoms with Gasteiger partial charge in [0.25, 0.3) is 5.91 Å². The third-order valence-corrected chi connectivity index (χ3v) is 3.98. The van der Waals surface area contributed by atoms with Gasteiger partial charge < -0.3 is 20.3 Å². The lowest BCUT2D eigenvalue weighted by atomic mass is 10.0. The lowest BCUT2D eigenvalue weighted by Gasteiger charge is -2.35. The van der Waals surface area contributed by atoms with Crippen molar-refractivity contribution in [2.24, 2.45) is 0 Å². The molecule has 0 saturated carbocycles. The van der Waals surface area contributed by atoms with Crippen molar-refractivity contribution in [3.8, 4) is 0 Å². The normalized spacial score (nSPS) is 17.8. The molecule has 1 atom stereocenters.